The van der Waals surface area contributed by atoms with Crippen molar-refractivity contribution in [1.29, 1.82) is 0 Å². The van der Waals surface area contributed by atoms with Crippen molar-refractivity contribution in [1.82, 2.24) is 10.5 Å². The molecule has 0 saturated carbocycles. The smallest absolute Gasteiger partial charge is 0.308 e. The summed E-state index contributed by atoms with van der Waals surface area (Å²) in [5.41, 5.74) is 1.75. The molecule has 0 bridgehead atoms. The monoisotopic (exact) mass is 210 g/mol. The van der Waals surface area contributed by atoms with E-state index in [2.05, 4.69) is 10.5 Å². The van der Waals surface area contributed by atoms with Crippen LogP contribution in [-0.2, 0) is 4.79 Å². The quantitative estimate of drug-likeness (QED) is 0.750. The van der Waals surface area contributed by atoms with Gasteiger partial charge in [-0.2, -0.15) is 0 Å². The number of hydrogen-bond donors (Lipinski definition) is 2. The Kier molecular flexibility index (Phi) is 2.48. The van der Waals surface area contributed by atoms with E-state index in [0.717, 1.165) is 17.0 Å². The Morgan fingerprint density at radius 2 is 2.27 bits per heavy atom. The van der Waals surface area contributed by atoms with Gasteiger partial charge in [-0.1, -0.05) is 5.16 Å². The van der Waals surface area contributed by atoms with Crippen molar-refractivity contribution in [3.05, 3.63) is 17.0 Å². The second-order valence-corrected chi connectivity index (χ2v) is 3.95. The third-order valence-electron chi connectivity index (χ3n) is 2.99. The third kappa shape index (κ3) is 1.63. The molecular formula is C10H14N2O3. The normalized spacial score (nSPS) is 25.7. The van der Waals surface area contributed by atoms with Gasteiger partial charge in [0.1, 0.15) is 5.76 Å². The highest BCUT2D eigenvalue weighted by molar-refractivity contribution is 5.72. The van der Waals surface area contributed by atoms with Gasteiger partial charge in [0.25, 0.3) is 0 Å². The molecule has 0 aliphatic carbocycles. The van der Waals surface area contributed by atoms with Crippen LogP contribution >= 0.6 is 0 Å². The van der Waals surface area contributed by atoms with E-state index < -0.39 is 5.97 Å². The van der Waals surface area contributed by atoms with E-state index in [1.54, 1.807) is 0 Å². The fraction of sp³-hybridized carbons (Fsp3) is 0.600. The molecule has 2 rings (SSSR count). The predicted molar refractivity (Wildman–Crippen MR) is 52.7 cm³/mol. The van der Waals surface area contributed by atoms with Gasteiger partial charge in [0, 0.05) is 24.6 Å². The number of carbonyl (C=O) groups is 1. The fourth-order valence-electron chi connectivity index (χ4n) is 2.26. The molecule has 1 aliphatic rings. The number of nitrogens with one attached hydrogen (secondary N) is 1. The van der Waals surface area contributed by atoms with Crippen LogP contribution in [-0.4, -0.2) is 29.3 Å². The summed E-state index contributed by atoms with van der Waals surface area (Å²) in [5, 5.41) is 16.0. The highest BCUT2D eigenvalue weighted by atomic mass is 16.5. The number of nitrogens with zero attached hydrogens (tertiary/aromatic N) is 1. The maximum Gasteiger partial charge on any atom is 0.308 e. The minimum Gasteiger partial charge on any atom is -0.481 e. The second-order valence-electron chi connectivity index (χ2n) is 3.95. The summed E-state index contributed by atoms with van der Waals surface area (Å²) in [6, 6.07) is 0. The van der Waals surface area contributed by atoms with E-state index >= 15 is 0 Å². The van der Waals surface area contributed by atoms with Crippen LogP contribution in [0.2, 0.25) is 0 Å². The number of aliphatic carboxylic acids is 1. The third-order valence-corrected chi connectivity index (χ3v) is 2.99. The van der Waals surface area contributed by atoms with Crippen LogP contribution < -0.4 is 5.32 Å². The number of carboxylic acid groups (broad SMARTS) is 1. The molecule has 1 fully saturated rings. The van der Waals surface area contributed by atoms with Crippen molar-refractivity contribution < 1.29 is 14.4 Å². The highest BCUT2D eigenvalue weighted by Crippen LogP contribution is 2.32. The molecule has 2 heterocycles. The lowest BCUT2D eigenvalue weighted by atomic mass is 9.88. The van der Waals surface area contributed by atoms with Crippen molar-refractivity contribution >= 4 is 5.97 Å². The van der Waals surface area contributed by atoms with Gasteiger partial charge in [-0.05, 0) is 13.8 Å². The first kappa shape index (κ1) is 10.2. The number of aryl methyl sites for hydroxylation is 2. The second kappa shape index (κ2) is 3.66. The van der Waals surface area contributed by atoms with Crippen molar-refractivity contribution in [2.75, 3.05) is 13.1 Å². The lowest BCUT2D eigenvalue weighted by Gasteiger charge is -2.13. The highest BCUT2D eigenvalue weighted by Gasteiger charge is 2.36. The van der Waals surface area contributed by atoms with E-state index in [-0.39, 0.29) is 11.8 Å². The zero-order valence-corrected chi connectivity index (χ0v) is 8.78. The van der Waals surface area contributed by atoms with Crippen molar-refractivity contribution in [2.45, 2.75) is 19.8 Å². The van der Waals surface area contributed by atoms with E-state index in [1.165, 1.54) is 0 Å². The Morgan fingerprint density at radius 3 is 2.80 bits per heavy atom. The van der Waals surface area contributed by atoms with E-state index in [9.17, 15) is 4.79 Å². The molecule has 5 nitrogen and oxygen atoms in total. The molecule has 1 aromatic rings. The Morgan fingerprint density at radius 1 is 1.53 bits per heavy atom. The first-order valence-corrected chi connectivity index (χ1v) is 4.97. The van der Waals surface area contributed by atoms with Crippen molar-refractivity contribution in [3.8, 4) is 0 Å². The molecule has 2 N–H and O–H groups in total. The van der Waals surface area contributed by atoms with Crippen LogP contribution in [0.5, 0.6) is 0 Å². The van der Waals surface area contributed by atoms with Crippen LogP contribution in [0.15, 0.2) is 4.52 Å². The first-order chi connectivity index (χ1) is 7.11. The zero-order valence-electron chi connectivity index (χ0n) is 8.78. The zero-order chi connectivity index (χ0) is 11.0. The van der Waals surface area contributed by atoms with Crippen molar-refractivity contribution in [3.63, 3.8) is 0 Å². The summed E-state index contributed by atoms with van der Waals surface area (Å²) >= 11 is 0. The summed E-state index contributed by atoms with van der Waals surface area (Å²) in [6.07, 6.45) is 0. The molecule has 82 valence electrons. The standard InChI is InChI=1S/C10H14N2O3/c1-5-9(6(2)15-12-5)7-3-11-4-8(7)10(13)14/h7-8,11H,3-4H2,1-2H3,(H,13,14). The lowest BCUT2D eigenvalue weighted by Crippen LogP contribution is -2.21. The summed E-state index contributed by atoms with van der Waals surface area (Å²) in [7, 11) is 0. The summed E-state index contributed by atoms with van der Waals surface area (Å²) in [4.78, 5) is 11.0. The molecule has 1 saturated heterocycles. The van der Waals surface area contributed by atoms with E-state index in [4.69, 9.17) is 9.63 Å². The van der Waals surface area contributed by atoms with Gasteiger partial charge >= 0.3 is 5.97 Å². The Balaban J connectivity index is 2.34. The molecule has 0 aromatic carbocycles. The minimum absolute atomic E-state index is 0.0197. The van der Waals surface area contributed by atoms with Crippen molar-refractivity contribution in [2.24, 2.45) is 5.92 Å². The molecule has 2 unspecified atom stereocenters. The van der Waals surface area contributed by atoms with Crippen LogP contribution in [0.3, 0.4) is 0 Å². The van der Waals surface area contributed by atoms with Crippen LogP contribution in [0.25, 0.3) is 0 Å². The number of rotatable bonds is 2. The molecule has 1 aromatic heterocycles. The van der Waals surface area contributed by atoms with Crippen LogP contribution in [0.4, 0.5) is 0 Å². The summed E-state index contributed by atoms with van der Waals surface area (Å²) in [5.74, 6) is -0.423. The van der Waals surface area contributed by atoms with Gasteiger partial charge in [-0.3, -0.25) is 4.79 Å². The average molecular weight is 210 g/mol. The molecule has 0 spiro atoms. The van der Waals surface area contributed by atoms with E-state index in [0.29, 0.717) is 13.1 Å². The molecule has 5 heteroatoms. The maximum absolute atomic E-state index is 11.0. The number of hydrogen-bond acceptors (Lipinski definition) is 4. The number of aromatic nitrogens is 1. The van der Waals surface area contributed by atoms with Gasteiger partial charge in [0.05, 0.1) is 11.6 Å². The molecule has 15 heavy (non-hydrogen) atoms. The molecular weight excluding hydrogens is 196 g/mol. The summed E-state index contributed by atoms with van der Waals surface area (Å²) in [6.45, 7) is 4.87. The van der Waals surface area contributed by atoms with Crippen LogP contribution in [0, 0.1) is 19.8 Å². The predicted octanol–water partition coefficient (Wildman–Crippen LogP) is 0.679. The van der Waals surface area contributed by atoms with Gasteiger partial charge in [0.15, 0.2) is 0 Å². The molecule has 2 atom stereocenters. The fourth-order valence-corrected chi connectivity index (χ4v) is 2.26. The Labute approximate surface area is 87.5 Å². The first-order valence-electron chi connectivity index (χ1n) is 4.97. The minimum atomic E-state index is -0.759. The topological polar surface area (TPSA) is 75.4 Å². The molecule has 1 aliphatic heterocycles. The van der Waals surface area contributed by atoms with Gasteiger partial charge in [-0.25, -0.2) is 0 Å². The largest absolute Gasteiger partial charge is 0.481 e. The SMILES string of the molecule is Cc1noc(C)c1C1CNCC1C(=O)O. The molecule has 0 amide bonds. The number of carboxylic acids is 1. The molecule has 0 radical (unpaired) electrons. The van der Waals surface area contributed by atoms with Gasteiger partial charge in [-0.15, -0.1) is 0 Å². The average Bonchev–Trinajstić information content (AvgIpc) is 2.73. The van der Waals surface area contributed by atoms with Gasteiger partial charge in [0.2, 0.25) is 0 Å². The summed E-state index contributed by atoms with van der Waals surface area (Å²) < 4.78 is 5.07. The Bertz CT molecular complexity index is 367. The Hall–Kier alpha value is -1.36. The maximum atomic E-state index is 11.0. The van der Waals surface area contributed by atoms with Gasteiger partial charge < -0.3 is 14.9 Å². The van der Waals surface area contributed by atoms with E-state index in [1.807, 2.05) is 13.8 Å². The van der Waals surface area contributed by atoms with Crippen LogP contribution in [0.1, 0.15) is 22.9 Å². The lowest BCUT2D eigenvalue weighted by molar-refractivity contribution is -0.141.